The zero-order valence-corrected chi connectivity index (χ0v) is 20.9. The first kappa shape index (κ1) is 26.6. The van der Waals surface area contributed by atoms with Crippen LogP contribution in [0.25, 0.3) is 10.2 Å². The molecule has 0 saturated carbocycles. The number of nitro benzene ring substituents is 1. The number of rotatable bonds is 9. The number of benzene rings is 2. The largest absolute Gasteiger partial charge is 0.495 e. The van der Waals surface area contributed by atoms with Gasteiger partial charge in [0.15, 0.2) is 5.13 Å². The number of carbonyl (C=O) groups excluding carboxylic acids is 1. The summed E-state index contributed by atoms with van der Waals surface area (Å²) in [6.45, 7) is 1.09. The van der Waals surface area contributed by atoms with Gasteiger partial charge in [-0.05, 0) is 45.3 Å². The minimum atomic E-state index is -0.559. The smallest absolute Gasteiger partial charge is 0.270 e. The third-order valence-corrected chi connectivity index (χ3v) is 6.18. The van der Waals surface area contributed by atoms with Gasteiger partial charge in [-0.3, -0.25) is 19.8 Å². The van der Waals surface area contributed by atoms with Gasteiger partial charge < -0.3 is 14.4 Å². The fourth-order valence-corrected chi connectivity index (χ4v) is 4.45. The van der Waals surface area contributed by atoms with Crippen LogP contribution < -0.4 is 14.4 Å². The van der Waals surface area contributed by atoms with Crippen LogP contribution in [0.3, 0.4) is 0 Å². The number of non-ortho nitro benzene ring substituents is 1. The Hall–Kier alpha value is -2.66. The lowest BCUT2D eigenvalue weighted by Crippen LogP contribution is -2.33. The van der Waals surface area contributed by atoms with Gasteiger partial charge in [0.05, 0.1) is 29.7 Å². The molecule has 0 atom stereocenters. The minimum Gasteiger partial charge on any atom is -0.495 e. The van der Waals surface area contributed by atoms with E-state index >= 15 is 0 Å². The van der Waals surface area contributed by atoms with Gasteiger partial charge in [0.1, 0.15) is 21.7 Å². The van der Waals surface area contributed by atoms with Crippen molar-refractivity contribution in [3.63, 3.8) is 0 Å². The maximum atomic E-state index is 13.5. The number of aromatic nitrogens is 1. The highest BCUT2D eigenvalue weighted by molar-refractivity contribution is 7.22. The Morgan fingerprint density at radius 2 is 1.82 bits per heavy atom. The molecule has 1 heterocycles. The van der Waals surface area contributed by atoms with Crippen LogP contribution in [-0.4, -0.2) is 62.1 Å². The Labute approximate surface area is 206 Å². The quantitative estimate of drug-likeness (QED) is 0.296. The lowest BCUT2D eigenvalue weighted by molar-refractivity contribution is -0.384. The molecule has 0 unspecified atom stereocenters. The van der Waals surface area contributed by atoms with Crippen LogP contribution in [0.2, 0.25) is 5.02 Å². The van der Waals surface area contributed by atoms with E-state index in [1.807, 2.05) is 19.0 Å². The van der Waals surface area contributed by atoms with Crippen molar-refractivity contribution in [1.29, 1.82) is 0 Å². The molecule has 0 radical (unpaired) electrons. The molecule has 0 N–H and O–H groups in total. The fraction of sp³-hybridized carbons (Fsp3) is 0.333. The number of methoxy groups -OCH3 is 2. The number of hydrogen-bond donors (Lipinski definition) is 0. The summed E-state index contributed by atoms with van der Waals surface area (Å²) < 4.78 is 11.6. The van der Waals surface area contributed by atoms with Gasteiger partial charge in [-0.2, -0.15) is 0 Å². The van der Waals surface area contributed by atoms with Gasteiger partial charge in [0.25, 0.3) is 11.6 Å². The van der Waals surface area contributed by atoms with Crippen LogP contribution >= 0.6 is 35.3 Å². The Balaban J connectivity index is 0.00000385. The normalized spacial score (nSPS) is 10.7. The number of nitro groups is 1. The molecule has 12 heteroatoms. The zero-order valence-electron chi connectivity index (χ0n) is 18.5. The Morgan fingerprint density at radius 3 is 2.42 bits per heavy atom. The molecule has 0 aliphatic carbocycles. The number of amides is 1. The van der Waals surface area contributed by atoms with Gasteiger partial charge >= 0.3 is 0 Å². The van der Waals surface area contributed by atoms with E-state index in [0.29, 0.717) is 35.1 Å². The van der Waals surface area contributed by atoms with Crippen molar-refractivity contribution in [3.8, 4) is 11.5 Å². The highest BCUT2D eigenvalue weighted by Crippen LogP contribution is 2.40. The van der Waals surface area contributed by atoms with Crippen LogP contribution in [0, 0.1) is 10.1 Å². The van der Waals surface area contributed by atoms with E-state index in [9.17, 15) is 14.9 Å². The summed E-state index contributed by atoms with van der Waals surface area (Å²) in [7, 11) is 6.99. The van der Waals surface area contributed by atoms with Gasteiger partial charge in [0, 0.05) is 18.7 Å². The van der Waals surface area contributed by atoms with Crippen LogP contribution in [0.15, 0.2) is 30.3 Å². The second kappa shape index (κ2) is 11.5. The summed E-state index contributed by atoms with van der Waals surface area (Å²) in [5.74, 6) is 0.699. The molecule has 3 rings (SSSR count). The van der Waals surface area contributed by atoms with Gasteiger partial charge in [-0.15, -0.1) is 12.4 Å². The lowest BCUT2D eigenvalue weighted by Gasteiger charge is -2.21. The van der Waals surface area contributed by atoms with E-state index < -0.39 is 10.8 Å². The molecule has 0 bridgehead atoms. The zero-order chi connectivity index (χ0) is 23.4. The summed E-state index contributed by atoms with van der Waals surface area (Å²) in [5.41, 5.74) is 0.407. The molecule has 9 nitrogen and oxygen atoms in total. The van der Waals surface area contributed by atoms with Crippen molar-refractivity contribution < 1.29 is 19.2 Å². The highest BCUT2D eigenvalue weighted by Gasteiger charge is 2.26. The van der Waals surface area contributed by atoms with Crippen LogP contribution in [0.1, 0.15) is 16.8 Å². The maximum Gasteiger partial charge on any atom is 0.270 e. The Morgan fingerprint density at radius 1 is 1.15 bits per heavy atom. The van der Waals surface area contributed by atoms with Gasteiger partial charge in [-0.25, -0.2) is 4.98 Å². The molecule has 2 aromatic carbocycles. The first-order valence-electron chi connectivity index (χ1n) is 9.68. The highest BCUT2D eigenvalue weighted by atomic mass is 35.5. The van der Waals surface area contributed by atoms with Crippen LogP contribution in [0.4, 0.5) is 10.8 Å². The summed E-state index contributed by atoms with van der Waals surface area (Å²) in [6.07, 6.45) is 0.662. The predicted octanol–water partition coefficient (Wildman–Crippen LogP) is 4.90. The Kier molecular flexibility index (Phi) is 9.24. The third kappa shape index (κ3) is 5.83. The van der Waals surface area contributed by atoms with Crippen molar-refractivity contribution in [2.45, 2.75) is 6.42 Å². The lowest BCUT2D eigenvalue weighted by atomic mass is 10.1. The molecule has 0 aliphatic rings. The van der Waals surface area contributed by atoms with Gasteiger partial charge in [-0.1, -0.05) is 22.9 Å². The first-order valence-corrected chi connectivity index (χ1v) is 10.9. The second-order valence-electron chi connectivity index (χ2n) is 7.18. The number of hydrogen-bond acceptors (Lipinski definition) is 8. The van der Waals surface area contributed by atoms with E-state index in [2.05, 4.69) is 4.98 Å². The monoisotopic (exact) mass is 514 g/mol. The van der Waals surface area contributed by atoms with E-state index in [1.54, 1.807) is 26.4 Å². The summed E-state index contributed by atoms with van der Waals surface area (Å²) >= 11 is 7.53. The molecule has 33 heavy (non-hydrogen) atoms. The Bertz CT molecular complexity index is 1110. The van der Waals surface area contributed by atoms with E-state index in [4.69, 9.17) is 21.1 Å². The summed E-state index contributed by atoms with van der Waals surface area (Å²) in [5, 5.41) is 11.8. The number of halogens is 2. The maximum absolute atomic E-state index is 13.5. The van der Waals surface area contributed by atoms with E-state index in [0.717, 1.165) is 11.2 Å². The SMILES string of the molecule is COc1ccc(OC)c2sc(N(CCCN(C)C)C(=O)c3cc([N+](=O)[O-])ccc3Cl)nc12.Cl. The standard InChI is InChI=1S/C21H23ClN4O5S.ClH/c1-24(2)10-5-11-25(20(27)14-12-13(26(28)29)6-7-15(14)22)21-23-18-16(30-3)8-9-17(31-4)19(18)32-21;/h6-9,12H,5,10-11H2,1-4H3;1H. The number of nitrogens with zero attached hydrogens (tertiary/aromatic N) is 4. The van der Waals surface area contributed by atoms with Crippen molar-refractivity contribution in [2.75, 3.05) is 46.3 Å². The number of fused-ring (bicyclic) bond motifs is 1. The van der Waals surface area contributed by atoms with Crippen molar-refractivity contribution in [1.82, 2.24) is 9.88 Å². The fourth-order valence-electron chi connectivity index (χ4n) is 3.15. The van der Waals surface area contributed by atoms with E-state index in [1.165, 1.54) is 34.4 Å². The molecular weight excluding hydrogens is 491 g/mol. The number of ether oxygens (including phenoxy) is 2. The van der Waals surface area contributed by atoms with Crippen molar-refractivity contribution in [3.05, 3.63) is 51.0 Å². The molecule has 1 aromatic heterocycles. The molecule has 3 aromatic rings. The van der Waals surface area contributed by atoms with Crippen molar-refractivity contribution >= 4 is 62.3 Å². The topological polar surface area (TPSA) is 98.0 Å². The number of carbonyl (C=O) groups is 1. The molecule has 0 spiro atoms. The average Bonchev–Trinajstić information content (AvgIpc) is 3.20. The third-order valence-electron chi connectivity index (χ3n) is 4.75. The van der Waals surface area contributed by atoms with Crippen molar-refractivity contribution in [2.24, 2.45) is 0 Å². The van der Waals surface area contributed by atoms with Crippen LogP contribution in [-0.2, 0) is 0 Å². The number of anilines is 1. The first-order chi connectivity index (χ1) is 15.3. The van der Waals surface area contributed by atoms with Crippen LogP contribution in [0.5, 0.6) is 11.5 Å². The average molecular weight is 515 g/mol. The molecule has 178 valence electrons. The summed E-state index contributed by atoms with van der Waals surface area (Å²) in [6, 6.07) is 7.34. The predicted molar refractivity (Wildman–Crippen MR) is 133 cm³/mol. The molecule has 1 amide bonds. The molecule has 0 fully saturated rings. The molecular formula is C21H24Cl2N4O5S. The number of thiazole rings is 1. The van der Waals surface area contributed by atoms with E-state index in [-0.39, 0.29) is 28.7 Å². The molecule has 0 saturated heterocycles. The van der Waals surface area contributed by atoms with Gasteiger partial charge in [0.2, 0.25) is 0 Å². The summed E-state index contributed by atoms with van der Waals surface area (Å²) in [4.78, 5) is 32.3. The second-order valence-corrected chi connectivity index (χ2v) is 8.56. The minimum absolute atomic E-state index is 0. The molecule has 0 aliphatic heterocycles.